The quantitative estimate of drug-likeness (QED) is 0.487. The van der Waals surface area contributed by atoms with Gasteiger partial charge in [-0.1, -0.05) is 0 Å². The molecule has 0 spiro atoms. The molecule has 1 aromatic rings. The third-order valence-electron chi connectivity index (χ3n) is 0.693. The Morgan fingerprint density at radius 1 is 1.78 bits per heavy atom. The molecule has 2 N–H and O–H groups in total. The lowest BCUT2D eigenvalue weighted by molar-refractivity contribution is -0.117. The summed E-state index contributed by atoms with van der Waals surface area (Å²) in [5.41, 5.74) is 4.81. The minimum Gasteiger partial charge on any atom is -0.369 e. The molecular weight excluding hydrogens is 122 g/mol. The van der Waals surface area contributed by atoms with Crippen molar-refractivity contribution in [3.63, 3.8) is 0 Å². The van der Waals surface area contributed by atoms with Gasteiger partial charge in [0.25, 0.3) is 0 Å². The van der Waals surface area contributed by atoms with E-state index in [0.717, 1.165) is 0 Å². The van der Waals surface area contributed by atoms with Crippen LogP contribution in [0.25, 0.3) is 0 Å². The topological polar surface area (TPSA) is 95.9 Å². The molecule has 6 heteroatoms. The summed E-state index contributed by atoms with van der Waals surface area (Å²) in [5, 5.41) is 13.1. The number of primary amides is 1. The highest BCUT2D eigenvalue weighted by molar-refractivity contribution is 5.75. The SMILES string of the molecule is NC(=O)Cc1nnn[n-]1. The summed E-state index contributed by atoms with van der Waals surface area (Å²) in [7, 11) is 0. The summed E-state index contributed by atoms with van der Waals surface area (Å²) in [6, 6.07) is 0. The first-order valence-corrected chi connectivity index (χ1v) is 2.25. The Hall–Kier alpha value is -1.46. The second-order valence-corrected chi connectivity index (χ2v) is 1.44. The first-order valence-electron chi connectivity index (χ1n) is 2.25. The molecule has 0 aliphatic heterocycles. The van der Waals surface area contributed by atoms with Gasteiger partial charge in [-0.05, 0) is 0 Å². The van der Waals surface area contributed by atoms with E-state index in [2.05, 4.69) is 20.6 Å². The maximum atomic E-state index is 10.2. The van der Waals surface area contributed by atoms with Crippen molar-refractivity contribution in [2.75, 3.05) is 0 Å². The van der Waals surface area contributed by atoms with Crippen molar-refractivity contribution < 1.29 is 4.79 Å². The number of amides is 1. The fourth-order valence-corrected chi connectivity index (χ4v) is 0.390. The molecule has 0 bridgehead atoms. The van der Waals surface area contributed by atoms with E-state index >= 15 is 0 Å². The molecule has 0 fully saturated rings. The van der Waals surface area contributed by atoms with Crippen LogP contribution in [0.3, 0.4) is 0 Å². The minimum absolute atomic E-state index is 0.00694. The van der Waals surface area contributed by atoms with Crippen LogP contribution >= 0.6 is 0 Å². The molecule has 9 heavy (non-hydrogen) atoms. The van der Waals surface area contributed by atoms with E-state index in [1.54, 1.807) is 0 Å². The number of rotatable bonds is 2. The molecule has 0 aliphatic carbocycles. The van der Waals surface area contributed by atoms with Gasteiger partial charge in [0.2, 0.25) is 5.91 Å². The number of nitrogens with two attached hydrogens (primary N) is 1. The zero-order chi connectivity index (χ0) is 6.69. The zero-order valence-corrected chi connectivity index (χ0v) is 4.48. The molecule has 6 nitrogen and oxygen atoms in total. The van der Waals surface area contributed by atoms with Crippen LogP contribution < -0.4 is 10.8 Å². The van der Waals surface area contributed by atoms with Gasteiger partial charge < -0.3 is 10.8 Å². The molecule has 0 atom stereocenters. The number of aromatic nitrogens is 4. The molecule has 1 rings (SSSR count). The van der Waals surface area contributed by atoms with Crippen molar-refractivity contribution in [1.29, 1.82) is 0 Å². The first kappa shape index (κ1) is 5.67. The van der Waals surface area contributed by atoms with Gasteiger partial charge in [0.05, 0.1) is 6.42 Å². The molecule has 1 amide bonds. The largest absolute Gasteiger partial charge is 0.369 e. The lowest BCUT2D eigenvalue weighted by Crippen LogP contribution is -2.14. The number of nitrogens with zero attached hydrogens (tertiary/aromatic N) is 4. The zero-order valence-electron chi connectivity index (χ0n) is 4.48. The van der Waals surface area contributed by atoms with E-state index in [1.807, 2.05) is 0 Å². The van der Waals surface area contributed by atoms with Gasteiger partial charge in [-0.15, -0.1) is 0 Å². The third kappa shape index (κ3) is 1.48. The maximum absolute atomic E-state index is 10.2. The summed E-state index contributed by atoms with van der Waals surface area (Å²) >= 11 is 0. The summed E-state index contributed by atoms with van der Waals surface area (Å²) in [5.74, 6) is -0.215. The number of tetrazole rings is 1. The van der Waals surface area contributed by atoms with Crippen molar-refractivity contribution in [3.05, 3.63) is 5.82 Å². The first-order chi connectivity index (χ1) is 4.29. The van der Waals surface area contributed by atoms with Crippen LogP contribution in [-0.2, 0) is 11.2 Å². The Balaban J connectivity index is 2.58. The highest BCUT2D eigenvalue weighted by Crippen LogP contribution is 1.80. The van der Waals surface area contributed by atoms with E-state index in [0.29, 0.717) is 0 Å². The van der Waals surface area contributed by atoms with Gasteiger partial charge in [0.15, 0.2) is 0 Å². The van der Waals surface area contributed by atoms with Gasteiger partial charge in [-0.3, -0.25) is 15.1 Å². The normalized spacial score (nSPS) is 9.33. The lowest BCUT2D eigenvalue weighted by Gasteiger charge is -1.90. The fourth-order valence-electron chi connectivity index (χ4n) is 0.390. The number of carbonyl (C=O) groups excluding carboxylic acids is 1. The van der Waals surface area contributed by atoms with Crippen molar-refractivity contribution in [3.8, 4) is 0 Å². The van der Waals surface area contributed by atoms with E-state index in [9.17, 15) is 4.79 Å². The Morgan fingerprint density at radius 3 is 3.00 bits per heavy atom. The van der Waals surface area contributed by atoms with Gasteiger partial charge in [0.1, 0.15) is 0 Å². The molecular formula is C3H4N5O-. The predicted octanol–water partition coefficient (Wildman–Crippen LogP) is -2.14. The summed E-state index contributed by atoms with van der Waals surface area (Å²) in [4.78, 5) is 10.2. The Bertz CT molecular complexity index is 192. The van der Waals surface area contributed by atoms with Crippen molar-refractivity contribution in [2.45, 2.75) is 6.42 Å². The van der Waals surface area contributed by atoms with Crippen LogP contribution in [0.15, 0.2) is 0 Å². The molecule has 1 heterocycles. The molecule has 0 saturated heterocycles. The average Bonchev–Trinajstić information content (AvgIpc) is 2.15. The molecule has 48 valence electrons. The van der Waals surface area contributed by atoms with Crippen LogP contribution in [-0.4, -0.2) is 21.4 Å². The number of hydrogen-bond donors (Lipinski definition) is 1. The fraction of sp³-hybridized carbons (Fsp3) is 0.333. The van der Waals surface area contributed by atoms with E-state index in [4.69, 9.17) is 5.73 Å². The lowest BCUT2D eigenvalue weighted by atomic mass is 10.4. The third-order valence-corrected chi connectivity index (χ3v) is 0.693. The van der Waals surface area contributed by atoms with Crippen molar-refractivity contribution in [2.24, 2.45) is 5.73 Å². The summed E-state index contributed by atoms with van der Waals surface area (Å²) in [6.07, 6.45) is 0.00694. The van der Waals surface area contributed by atoms with Crippen LogP contribution in [0.5, 0.6) is 0 Å². The van der Waals surface area contributed by atoms with E-state index in [-0.39, 0.29) is 12.2 Å². The Morgan fingerprint density at radius 2 is 2.56 bits per heavy atom. The standard InChI is InChI=1S/C3H5N5O/c4-2(9)1-3-5-7-8-6-3/h1H2,(H3,4,5,6,7,8,9)/p-1. The van der Waals surface area contributed by atoms with Crippen LogP contribution in [0.4, 0.5) is 0 Å². The highest BCUT2D eigenvalue weighted by atomic mass is 16.1. The molecule has 0 aliphatic rings. The Kier molecular flexibility index (Phi) is 1.39. The summed E-state index contributed by atoms with van der Waals surface area (Å²) < 4.78 is 0. The molecule has 0 radical (unpaired) electrons. The van der Waals surface area contributed by atoms with Gasteiger partial charge in [-0.25, -0.2) is 0 Å². The minimum atomic E-state index is -0.482. The van der Waals surface area contributed by atoms with Crippen LogP contribution in [0, 0.1) is 0 Å². The molecule has 0 aromatic carbocycles. The van der Waals surface area contributed by atoms with Crippen LogP contribution in [0.1, 0.15) is 5.82 Å². The second kappa shape index (κ2) is 2.21. The second-order valence-electron chi connectivity index (χ2n) is 1.44. The maximum Gasteiger partial charge on any atom is 0.222 e. The van der Waals surface area contributed by atoms with Gasteiger partial charge in [-0.2, -0.15) is 5.21 Å². The van der Waals surface area contributed by atoms with Gasteiger partial charge >= 0.3 is 0 Å². The van der Waals surface area contributed by atoms with Gasteiger partial charge in [0, 0.05) is 5.82 Å². The predicted molar refractivity (Wildman–Crippen MR) is 26.0 cm³/mol. The number of carbonyl (C=O) groups is 1. The van der Waals surface area contributed by atoms with E-state index < -0.39 is 5.91 Å². The number of hydrogen-bond acceptors (Lipinski definition) is 4. The van der Waals surface area contributed by atoms with Crippen molar-refractivity contribution in [1.82, 2.24) is 20.6 Å². The molecule has 1 aromatic heterocycles. The van der Waals surface area contributed by atoms with Crippen LogP contribution in [0.2, 0.25) is 0 Å². The average molecular weight is 126 g/mol. The highest BCUT2D eigenvalue weighted by Gasteiger charge is 1.92. The smallest absolute Gasteiger partial charge is 0.222 e. The van der Waals surface area contributed by atoms with E-state index in [1.165, 1.54) is 0 Å². The van der Waals surface area contributed by atoms with Crippen molar-refractivity contribution >= 4 is 5.91 Å². The summed E-state index contributed by atoms with van der Waals surface area (Å²) in [6.45, 7) is 0. The monoisotopic (exact) mass is 126 g/mol. The molecule has 0 unspecified atom stereocenters. The Labute approximate surface area is 50.4 Å². The molecule has 0 saturated carbocycles.